The van der Waals surface area contributed by atoms with Gasteiger partial charge in [-0.1, -0.05) is 26.0 Å². The van der Waals surface area contributed by atoms with Gasteiger partial charge in [0, 0.05) is 6.04 Å². The van der Waals surface area contributed by atoms with Crippen LogP contribution in [0.5, 0.6) is 5.75 Å². The van der Waals surface area contributed by atoms with Crippen molar-refractivity contribution in [3.05, 3.63) is 29.8 Å². The van der Waals surface area contributed by atoms with Crippen LogP contribution in [0.1, 0.15) is 38.2 Å². The molecule has 1 fully saturated rings. The number of nitrogens with one attached hydrogen (secondary N) is 1. The van der Waals surface area contributed by atoms with Gasteiger partial charge in [-0.05, 0) is 56.6 Å². The minimum absolute atomic E-state index is 0.0282. The van der Waals surface area contributed by atoms with E-state index in [4.69, 9.17) is 4.74 Å². The summed E-state index contributed by atoms with van der Waals surface area (Å²) in [6, 6.07) is 8.25. The van der Waals surface area contributed by atoms with Crippen molar-refractivity contribution in [1.29, 1.82) is 0 Å². The van der Waals surface area contributed by atoms with Crippen LogP contribution in [-0.2, 0) is 4.79 Å². The molecule has 1 heterocycles. The van der Waals surface area contributed by atoms with E-state index in [0.29, 0.717) is 12.0 Å². The lowest BCUT2D eigenvalue weighted by Gasteiger charge is -2.29. The van der Waals surface area contributed by atoms with E-state index < -0.39 is 0 Å². The maximum atomic E-state index is 11.9. The molecule has 1 aromatic rings. The van der Waals surface area contributed by atoms with Crippen molar-refractivity contribution in [2.24, 2.45) is 0 Å². The van der Waals surface area contributed by atoms with Gasteiger partial charge < -0.3 is 15.0 Å². The fraction of sp³-hybridized carbons (Fsp3) is 0.588. The third-order valence-electron chi connectivity index (χ3n) is 3.98. The van der Waals surface area contributed by atoms with Crippen LogP contribution in [0.15, 0.2) is 24.3 Å². The summed E-state index contributed by atoms with van der Waals surface area (Å²) >= 11 is 0. The van der Waals surface area contributed by atoms with Crippen LogP contribution in [0, 0.1) is 0 Å². The SMILES string of the molecule is CC(C)c1cccc(OCC(=O)NC2CCN(C)CC2)c1. The van der Waals surface area contributed by atoms with Gasteiger partial charge in [0.15, 0.2) is 6.61 Å². The molecule has 0 aliphatic carbocycles. The summed E-state index contributed by atoms with van der Waals surface area (Å²) in [7, 11) is 2.11. The van der Waals surface area contributed by atoms with E-state index in [9.17, 15) is 4.79 Å². The number of carbonyl (C=O) groups excluding carboxylic acids is 1. The average Bonchev–Trinajstić information content (AvgIpc) is 2.48. The van der Waals surface area contributed by atoms with Crippen LogP contribution in [0.25, 0.3) is 0 Å². The van der Waals surface area contributed by atoms with E-state index in [0.717, 1.165) is 31.7 Å². The highest BCUT2D eigenvalue weighted by atomic mass is 16.5. The second-order valence-corrected chi connectivity index (χ2v) is 6.16. The largest absolute Gasteiger partial charge is 0.484 e. The molecule has 0 radical (unpaired) electrons. The van der Waals surface area contributed by atoms with Gasteiger partial charge in [-0.2, -0.15) is 0 Å². The zero-order valence-electron chi connectivity index (χ0n) is 13.3. The number of amides is 1. The van der Waals surface area contributed by atoms with Gasteiger partial charge in [0.2, 0.25) is 0 Å². The van der Waals surface area contributed by atoms with Crippen LogP contribution in [0.3, 0.4) is 0 Å². The van der Waals surface area contributed by atoms with E-state index in [1.165, 1.54) is 5.56 Å². The molecule has 1 aliphatic heterocycles. The summed E-state index contributed by atoms with van der Waals surface area (Å²) < 4.78 is 5.60. The molecule has 21 heavy (non-hydrogen) atoms. The Kier molecular flexibility index (Phi) is 5.62. The van der Waals surface area contributed by atoms with Crippen molar-refractivity contribution in [1.82, 2.24) is 10.2 Å². The third kappa shape index (κ3) is 5.05. The second kappa shape index (κ2) is 7.46. The molecular weight excluding hydrogens is 264 g/mol. The molecule has 0 unspecified atom stereocenters. The Hall–Kier alpha value is -1.55. The Morgan fingerprint density at radius 3 is 2.76 bits per heavy atom. The summed E-state index contributed by atoms with van der Waals surface area (Å²) in [5.41, 5.74) is 1.23. The number of likely N-dealkylation sites (tertiary alicyclic amines) is 1. The first-order chi connectivity index (χ1) is 10.0. The predicted octanol–water partition coefficient (Wildman–Crippen LogP) is 2.40. The van der Waals surface area contributed by atoms with E-state index in [2.05, 4.69) is 37.2 Å². The number of piperidine rings is 1. The Morgan fingerprint density at radius 2 is 2.10 bits per heavy atom. The molecule has 1 aliphatic rings. The first-order valence-corrected chi connectivity index (χ1v) is 7.75. The highest BCUT2D eigenvalue weighted by Crippen LogP contribution is 2.20. The molecule has 0 bridgehead atoms. The number of benzene rings is 1. The Balaban J connectivity index is 1.77. The number of carbonyl (C=O) groups is 1. The van der Waals surface area contributed by atoms with Crippen LogP contribution in [0.4, 0.5) is 0 Å². The van der Waals surface area contributed by atoms with Crippen molar-refractivity contribution < 1.29 is 9.53 Å². The Morgan fingerprint density at radius 1 is 1.38 bits per heavy atom. The number of hydrogen-bond acceptors (Lipinski definition) is 3. The van der Waals surface area contributed by atoms with E-state index in [1.807, 2.05) is 18.2 Å². The van der Waals surface area contributed by atoms with Crippen LogP contribution < -0.4 is 10.1 Å². The van der Waals surface area contributed by atoms with Gasteiger partial charge in [-0.25, -0.2) is 0 Å². The number of rotatable bonds is 5. The zero-order valence-corrected chi connectivity index (χ0v) is 13.3. The zero-order chi connectivity index (χ0) is 15.2. The lowest BCUT2D eigenvalue weighted by Crippen LogP contribution is -2.44. The molecule has 1 N–H and O–H groups in total. The molecule has 1 aromatic carbocycles. The average molecular weight is 290 g/mol. The summed E-state index contributed by atoms with van der Waals surface area (Å²) in [6.45, 7) is 6.47. The normalized spacial score (nSPS) is 17.0. The summed E-state index contributed by atoms with van der Waals surface area (Å²) in [5, 5.41) is 3.06. The van der Waals surface area contributed by atoms with Gasteiger partial charge in [0.1, 0.15) is 5.75 Å². The minimum Gasteiger partial charge on any atom is -0.484 e. The summed E-state index contributed by atoms with van der Waals surface area (Å²) in [6.07, 6.45) is 2.04. The number of hydrogen-bond donors (Lipinski definition) is 1. The lowest BCUT2D eigenvalue weighted by atomic mass is 10.0. The third-order valence-corrected chi connectivity index (χ3v) is 3.98. The Labute approximate surface area is 127 Å². The highest BCUT2D eigenvalue weighted by molar-refractivity contribution is 5.77. The second-order valence-electron chi connectivity index (χ2n) is 6.16. The van der Waals surface area contributed by atoms with E-state index in [1.54, 1.807) is 0 Å². The molecule has 0 aromatic heterocycles. The van der Waals surface area contributed by atoms with Crippen molar-refractivity contribution in [2.75, 3.05) is 26.7 Å². The first kappa shape index (κ1) is 15.8. The standard InChI is InChI=1S/C17H26N2O2/c1-13(2)14-5-4-6-16(11-14)21-12-17(20)18-15-7-9-19(3)10-8-15/h4-6,11,13,15H,7-10,12H2,1-3H3,(H,18,20). The molecule has 0 saturated carbocycles. The molecule has 1 amide bonds. The first-order valence-electron chi connectivity index (χ1n) is 7.75. The number of nitrogens with zero attached hydrogens (tertiary/aromatic N) is 1. The topological polar surface area (TPSA) is 41.6 Å². The van der Waals surface area contributed by atoms with E-state index >= 15 is 0 Å². The fourth-order valence-corrected chi connectivity index (χ4v) is 2.53. The molecule has 116 valence electrons. The highest BCUT2D eigenvalue weighted by Gasteiger charge is 2.18. The van der Waals surface area contributed by atoms with Gasteiger partial charge in [0.05, 0.1) is 0 Å². The maximum Gasteiger partial charge on any atom is 0.258 e. The van der Waals surface area contributed by atoms with Crippen LogP contribution in [0.2, 0.25) is 0 Å². The van der Waals surface area contributed by atoms with Gasteiger partial charge in [-0.3, -0.25) is 4.79 Å². The van der Waals surface area contributed by atoms with Crippen molar-refractivity contribution in [3.8, 4) is 5.75 Å². The Bertz CT molecular complexity index is 466. The van der Waals surface area contributed by atoms with Crippen molar-refractivity contribution in [2.45, 2.75) is 38.6 Å². The quantitative estimate of drug-likeness (QED) is 0.905. The lowest BCUT2D eigenvalue weighted by molar-refractivity contribution is -0.124. The predicted molar refractivity (Wildman–Crippen MR) is 84.7 cm³/mol. The monoisotopic (exact) mass is 290 g/mol. The molecule has 1 saturated heterocycles. The molecular formula is C17H26N2O2. The van der Waals surface area contributed by atoms with Gasteiger partial charge in [0.25, 0.3) is 5.91 Å². The summed E-state index contributed by atoms with van der Waals surface area (Å²) in [4.78, 5) is 14.2. The molecule has 4 heteroatoms. The van der Waals surface area contributed by atoms with Crippen LogP contribution in [-0.4, -0.2) is 43.6 Å². The maximum absolute atomic E-state index is 11.9. The van der Waals surface area contributed by atoms with Crippen molar-refractivity contribution in [3.63, 3.8) is 0 Å². The van der Waals surface area contributed by atoms with Crippen LogP contribution >= 0.6 is 0 Å². The van der Waals surface area contributed by atoms with E-state index in [-0.39, 0.29) is 12.5 Å². The smallest absolute Gasteiger partial charge is 0.258 e. The van der Waals surface area contributed by atoms with Gasteiger partial charge in [-0.15, -0.1) is 0 Å². The molecule has 0 atom stereocenters. The van der Waals surface area contributed by atoms with Gasteiger partial charge >= 0.3 is 0 Å². The molecule has 0 spiro atoms. The number of ether oxygens (including phenoxy) is 1. The fourth-order valence-electron chi connectivity index (χ4n) is 2.53. The van der Waals surface area contributed by atoms with Crippen molar-refractivity contribution >= 4 is 5.91 Å². The summed E-state index contributed by atoms with van der Waals surface area (Å²) in [5.74, 6) is 1.20. The minimum atomic E-state index is -0.0282. The molecule has 4 nitrogen and oxygen atoms in total. The molecule has 2 rings (SSSR count).